The van der Waals surface area contributed by atoms with Crippen molar-refractivity contribution in [1.82, 2.24) is 5.32 Å². The van der Waals surface area contributed by atoms with Crippen LogP contribution in [0.3, 0.4) is 0 Å². The summed E-state index contributed by atoms with van der Waals surface area (Å²) in [6.45, 7) is 0.515. The molecule has 2 N–H and O–H groups in total. The van der Waals surface area contributed by atoms with Gasteiger partial charge in [-0.25, -0.2) is 4.79 Å². The lowest BCUT2D eigenvalue weighted by atomic mass is 10.0. The number of hydrogen-bond donors (Lipinski definition) is 2. The number of carbonyl (C=O) groups is 2. The molecule has 0 radical (unpaired) electrons. The van der Waals surface area contributed by atoms with Crippen LogP contribution in [0.1, 0.15) is 5.56 Å². The molecule has 0 fully saturated rings. The van der Waals surface area contributed by atoms with Gasteiger partial charge in [0.05, 0.1) is 10.9 Å². The molecule has 4 aromatic rings. The Morgan fingerprint density at radius 2 is 1.76 bits per heavy atom. The number of carbonyl (C=O) groups excluding carboxylic acids is 1. The predicted molar refractivity (Wildman–Crippen MR) is 134 cm³/mol. The second-order valence-corrected chi connectivity index (χ2v) is 8.43. The number of carboxylic acids is 1. The van der Waals surface area contributed by atoms with Gasteiger partial charge in [-0.1, -0.05) is 36.4 Å². The molecule has 0 saturated carbocycles. The van der Waals surface area contributed by atoms with Crippen LogP contribution in [-0.2, 0) is 16.0 Å². The molecule has 37 heavy (non-hydrogen) atoms. The monoisotopic (exact) mass is 501 g/mol. The van der Waals surface area contributed by atoms with Crippen molar-refractivity contribution in [1.29, 1.82) is 0 Å². The molecule has 1 atom stereocenters. The lowest BCUT2D eigenvalue weighted by Crippen LogP contribution is -2.44. The van der Waals surface area contributed by atoms with Gasteiger partial charge in [-0.3, -0.25) is 9.59 Å². The van der Waals surface area contributed by atoms with E-state index in [2.05, 4.69) is 5.32 Å². The van der Waals surface area contributed by atoms with Gasteiger partial charge >= 0.3 is 5.97 Å². The number of carboxylic acid groups (broad SMARTS) is 1. The zero-order valence-corrected chi connectivity index (χ0v) is 19.6. The van der Waals surface area contributed by atoms with Crippen LogP contribution < -0.4 is 25.0 Å². The molecule has 1 aliphatic heterocycles. The summed E-state index contributed by atoms with van der Waals surface area (Å²) < 4.78 is 22.4. The van der Waals surface area contributed by atoms with Crippen molar-refractivity contribution >= 4 is 22.8 Å². The Morgan fingerprint density at radius 1 is 0.973 bits per heavy atom. The molecule has 1 amide bonds. The third-order valence-corrected chi connectivity index (χ3v) is 5.89. The Kier molecular flexibility index (Phi) is 6.76. The van der Waals surface area contributed by atoms with Crippen LogP contribution >= 0.6 is 0 Å². The largest absolute Gasteiger partial charge is 0.486 e. The molecule has 1 aromatic heterocycles. The van der Waals surface area contributed by atoms with E-state index in [0.29, 0.717) is 47.0 Å². The standard InChI is InChI=1S/C28H23NO8/c30-26(29-22(28(32)33)12-17-4-2-1-3-5-17)16-36-19-7-8-20-24(14-19)37-15-21(27(20)31)18-6-9-23-25(13-18)35-11-10-34-23/h1-9,13-15,22H,10-12,16H2,(H,29,30)(H,32,33). The minimum atomic E-state index is -1.14. The van der Waals surface area contributed by atoms with Gasteiger partial charge in [0, 0.05) is 12.5 Å². The lowest BCUT2D eigenvalue weighted by Gasteiger charge is -2.18. The molecule has 0 bridgehead atoms. The number of hydrogen-bond acceptors (Lipinski definition) is 7. The SMILES string of the molecule is O=C(COc1ccc2c(=O)c(-c3ccc4c(c3)OCCO4)coc2c1)NC(Cc1ccccc1)C(=O)O. The van der Waals surface area contributed by atoms with Crippen molar-refractivity contribution in [2.24, 2.45) is 0 Å². The fourth-order valence-corrected chi connectivity index (χ4v) is 4.04. The number of fused-ring (bicyclic) bond motifs is 2. The first-order chi connectivity index (χ1) is 18.0. The Hall–Kier alpha value is -4.79. The summed E-state index contributed by atoms with van der Waals surface area (Å²) in [6, 6.07) is 17.8. The van der Waals surface area contributed by atoms with Crippen LogP contribution in [-0.4, -0.2) is 42.8 Å². The zero-order valence-electron chi connectivity index (χ0n) is 19.6. The molecule has 1 unspecified atom stereocenters. The Morgan fingerprint density at radius 3 is 2.54 bits per heavy atom. The van der Waals surface area contributed by atoms with Gasteiger partial charge in [0.1, 0.15) is 36.9 Å². The second kappa shape index (κ2) is 10.4. The van der Waals surface area contributed by atoms with Crippen molar-refractivity contribution in [2.45, 2.75) is 12.5 Å². The van der Waals surface area contributed by atoms with E-state index in [9.17, 15) is 19.5 Å². The molecule has 3 aromatic carbocycles. The Balaban J connectivity index is 1.27. The number of benzene rings is 3. The van der Waals surface area contributed by atoms with E-state index >= 15 is 0 Å². The summed E-state index contributed by atoms with van der Waals surface area (Å²) >= 11 is 0. The maximum Gasteiger partial charge on any atom is 0.326 e. The Labute approximate surface area is 211 Å². The first-order valence-corrected chi connectivity index (χ1v) is 11.6. The van der Waals surface area contributed by atoms with Gasteiger partial charge in [0.2, 0.25) is 0 Å². The highest BCUT2D eigenvalue weighted by Gasteiger charge is 2.21. The predicted octanol–water partition coefficient (Wildman–Crippen LogP) is 3.42. The molecule has 0 spiro atoms. The molecular formula is C28H23NO8. The number of amides is 1. The van der Waals surface area contributed by atoms with Crippen molar-refractivity contribution in [3.05, 3.63) is 88.8 Å². The van der Waals surface area contributed by atoms with E-state index in [-0.39, 0.29) is 17.4 Å². The van der Waals surface area contributed by atoms with Gasteiger partial charge < -0.3 is 29.1 Å². The third kappa shape index (κ3) is 5.40. The molecule has 0 saturated heterocycles. The molecular weight excluding hydrogens is 478 g/mol. The summed E-state index contributed by atoms with van der Waals surface area (Å²) in [4.78, 5) is 37.0. The summed E-state index contributed by atoms with van der Waals surface area (Å²) in [7, 11) is 0. The molecule has 188 valence electrons. The molecule has 1 aliphatic rings. The average molecular weight is 501 g/mol. The second-order valence-electron chi connectivity index (χ2n) is 8.43. The highest BCUT2D eigenvalue weighted by molar-refractivity contribution is 5.85. The fraction of sp³-hybridized carbons (Fsp3) is 0.179. The average Bonchev–Trinajstić information content (AvgIpc) is 2.92. The quantitative estimate of drug-likeness (QED) is 0.376. The van der Waals surface area contributed by atoms with Gasteiger partial charge in [-0.05, 0) is 35.4 Å². The number of aliphatic carboxylic acids is 1. The maximum atomic E-state index is 13.1. The van der Waals surface area contributed by atoms with E-state index in [4.69, 9.17) is 18.6 Å². The first-order valence-electron chi connectivity index (χ1n) is 11.6. The minimum Gasteiger partial charge on any atom is -0.486 e. The van der Waals surface area contributed by atoms with E-state index in [1.807, 2.05) is 6.07 Å². The van der Waals surface area contributed by atoms with Crippen LogP contribution in [0, 0.1) is 0 Å². The highest BCUT2D eigenvalue weighted by Crippen LogP contribution is 2.34. The summed E-state index contributed by atoms with van der Waals surface area (Å²) in [5.74, 6) is -0.231. The Bertz CT molecular complexity index is 1510. The van der Waals surface area contributed by atoms with Crippen molar-refractivity contribution in [3.8, 4) is 28.4 Å². The van der Waals surface area contributed by atoms with Crippen molar-refractivity contribution in [2.75, 3.05) is 19.8 Å². The summed E-state index contributed by atoms with van der Waals surface area (Å²) in [5, 5.41) is 12.3. The number of ether oxygens (including phenoxy) is 3. The van der Waals surface area contributed by atoms with Crippen LogP contribution in [0.25, 0.3) is 22.1 Å². The zero-order chi connectivity index (χ0) is 25.8. The van der Waals surface area contributed by atoms with Crippen LogP contribution in [0.4, 0.5) is 0 Å². The van der Waals surface area contributed by atoms with Crippen LogP contribution in [0.15, 0.2) is 82.2 Å². The highest BCUT2D eigenvalue weighted by atomic mass is 16.6. The summed E-state index contributed by atoms with van der Waals surface area (Å²) in [5.41, 5.74) is 1.86. The van der Waals surface area contributed by atoms with Gasteiger partial charge in [-0.2, -0.15) is 0 Å². The smallest absolute Gasteiger partial charge is 0.326 e. The van der Waals surface area contributed by atoms with Gasteiger partial charge in [0.15, 0.2) is 23.5 Å². The van der Waals surface area contributed by atoms with Gasteiger partial charge in [-0.15, -0.1) is 0 Å². The molecule has 0 aliphatic carbocycles. The molecule has 5 rings (SSSR count). The lowest BCUT2D eigenvalue weighted by molar-refractivity contribution is -0.142. The molecule has 2 heterocycles. The molecule has 9 heteroatoms. The van der Waals surface area contributed by atoms with Crippen molar-refractivity contribution in [3.63, 3.8) is 0 Å². The third-order valence-electron chi connectivity index (χ3n) is 5.89. The van der Waals surface area contributed by atoms with E-state index < -0.39 is 24.5 Å². The number of nitrogens with one attached hydrogen (secondary N) is 1. The topological polar surface area (TPSA) is 124 Å². The van der Waals surface area contributed by atoms with E-state index in [1.54, 1.807) is 54.6 Å². The van der Waals surface area contributed by atoms with Crippen LogP contribution in [0.2, 0.25) is 0 Å². The van der Waals surface area contributed by atoms with E-state index in [0.717, 1.165) is 5.56 Å². The minimum absolute atomic E-state index is 0.148. The summed E-state index contributed by atoms with van der Waals surface area (Å²) in [6.07, 6.45) is 1.52. The molecule has 9 nitrogen and oxygen atoms in total. The normalized spacial score (nSPS) is 13.1. The van der Waals surface area contributed by atoms with E-state index in [1.165, 1.54) is 12.3 Å². The van der Waals surface area contributed by atoms with Crippen molar-refractivity contribution < 1.29 is 33.3 Å². The van der Waals surface area contributed by atoms with Crippen LogP contribution in [0.5, 0.6) is 17.2 Å². The van der Waals surface area contributed by atoms with Gasteiger partial charge in [0.25, 0.3) is 5.91 Å². The first kappa shape index (κ1) is 23.9. The fourth-order valence-electron chi connectivity index (χ4n) is 4.04. The maximum absolute atomic E-state index is 13.1. The number of rotatable bonds is 8.